The molecule has 0 fully saturated rings. The van der Waals surface area contributed by atoms with Crippen LogP contribution in [0.5, 0.6) is 0 Å². The van der Waals surface area contributed by atoms with Gasteiger partial charge < -0.3 is 10.2 Å². The molecule has 11 heteroatoms. The Hall–Kier alpha value is -1.36. The van der Waals surface area contributed by atoms with Gasteiger partial charge in [-0.05, 0) is 25.1 Å². The topological polar surface area (TPSA) is 104 Å². The quantitative estimate of drug-likeness (QED) is 0.737. The summed E-state index contributed by atoms with van der Waals surface area (Å²) in [5, 5.41) is 17.6. The Morgan fingerprint density at radius 3 is 2.36 bits per heavy atom. The highest BCUT2D eigenvalue weighted by Crippen LogP contribution is 2.33. The number of nitrogens with one attached hydrogen (secondary N) is 1. The summed E-state index contributed by atoms with van der Waals surface area (Å²) < 4.78 is 63.4. The van der Waals surface area contributed by atoms with Gasteiger partial charge in [0.2, 0.25) is 10.0 Å². The van der Waals surface area contributed by atoms with E-state index in [1.807, 2.05) is 0 Å². The summed E-state index contributed by atoms with van der Waals surface area (Å²) in [5.41, 5.74) is -3.66. The number of alkyl halides is 3. The van der Waals surface area contributed by atoms with Gasteiger partial charge in [0.1, 0.15) is 4.90 Å². The molecule has 22 heavy (non-hydrogen) atoms. The average molecular weight is 362 g/mol. The fourth-order valence-corrected chi connectivity index (χ4v) is 2.93. The van der Waals surface area contributed by atoms with Crippen molar-refractivity contribution in [3.05, 3.63) is 28.8 Å². The predicted octanol–water partition coefficient (Wildman–Crippen LogP) is 1.47. The van der Waals surface area contributed by atoms with Gasteiger partial charge in [-0.2, -0.15) is 13.2 Å². The van der Waals surface area contributed by atoms with Crippen molar-refractivity contribution in [1.82, 2.24) is 4.72 Å². The second-order valence-electron chi connectivity index (χ2n) is 4.55. The van der Waals surface area contributed by atoms with E-state index in [-0.39, 0.29) is 0 Å². The number of halogens is 4. The lowest BCUT2D eigenvalue weighted by Crippen LogP contribution is -2.46. The number of carbonyl (C=O) groups is 1. The Morgan fingerprint density at radius 2 is 1.91 bits per heavy atom. The zero-order chi connectivity index (χ0) is 17.3. The second kappa shape index (κ2) is 6.03. The Kier molecular flexibility index (Phi) is 5.12. The first-order chi connectivity index (χ1) is 9.77. The Labute approximate surface area is 128 Å². The van der Waals surface area contributed by atoms with Crippen molar-refractivity contribution in [1.29, 1.82) is 0 Å². The lowest BCUT2D eigenvalue weighted by molar-refractivity contribution is -0.155. The first-order valence-corrected chi connectivity index (χ1v) is 7.46. The highest BCUT2D eigenvalue weighted by atomic mass is 35.5. The van der Waals surface area contributed by atoms with E-state index in [1.165, 1.54) is 0 Å². The minimum Gasteiger partial charge on any atom is -0.479 e. The summed E-state index contributed by atoms with van der Waals surface area (Å²) in [4.78, 5) is 9.80. The number of hydrogen-bond donors (Lipinski definition) is 3. The molecule has 0 aromatic heterocycles. The number of hydrogen-bond acceptors (Lipinski definition) is 4. The van der Waals surface area contributed by atoms with Gasteiger partial charge in [-0.15, -0.1) is 0 Å². The molecule has 0 aliphatic heterocycles. The number of carboxylic acid groups (broad SMARTS) is 1. The first kappa shape index (κ1) is 18.7. The van der Waals surface area contributed by atoms with E-state index >= 15 is 0 Å². The van der Waals surface area contributed by atoms with Crippen LogP contribution in [0.3, 0.4) is 0 Å². The number of aliphatic carboxylic acids is 1. The highest BCUT2D eigenvalue weighted by molar-refractivity contribution is 7.89. The molecule has 6 nitrogen and oxygen atoms in total. The van der Waals surface area contributed by atoms with Crippen LogP contribution in [0.25, 0.3) is 0 Å². The molecule has 1 rings (SSSR count). The number of rotatable bonds is 5. The molecule has 0 amide bonds. The smallest absolute Gasteiger partial charge is 0.416 e. The fraction of sp³-hybridized carbons (Fsp3) is 0.364. The Balaban J connectivity index is 3.16. The molecule has 0 saturated heterocycles. The lowest BCUT2D eigenvalue weighted by Gasteiger charge is -2.19. The number of carboxylic acids is 1. The summed E-state index contributed by atoms with van der Waals surface area (Å²) in [5.74, 6) is -1.70. The first-order valence-electron chi connectivity index (χ1n) is 5.59. The van der Waals surface area contributed by atoms with Gasteiger partial charge in [0, 0.05) is 0 Å². The van der Waals surface area contributed by atoms with E-state index in [0.717, 1.165) is 13.0 Å². The predicted molar refractivity (Wildman–Crippen MR) is 69.9 cm³/mol. The van der Waals surface area contributed by atoms with E-state index in [4.69, 9.17) is 16.7 Å². The van der Waals surface area contributed by atoms with Crippen molar-refractivity contribution in [2.45, 2.75) is 23.6 Å². The van der Waals surface area contributed by atoms with Crippen molar-refractivity contribution in [2.75, 3.05) is 6.54 Å². The van der Waals surface area contributed by atoms with Gasteiger partial charge in [-0.3, -0.25) is 0 Å². The molecule has 0 spiro atoms. The van der Waals surface area contributed by atoms with Crippen LogP contribution in [0.4, 0.5) is 13.2 Å². The van der Waals surface area contributed by atoms with Crippen LogP contribution in [0.2, 0.25) is 5.02 Å². The molecule has 3 N–H and O–H groups in total. The minimum absolute atomic E-state index is 0.320. The van der Waals surface area contributed by atoms with Crippen molar-refractivity contribution in [3.63, 3.8) is 0 Å². The van der Waals surface area contributed by atoms with Gasteiger partial charge in [0.15, 0.2) is 5.60 Å². The standard InChI is InChI=1S/C11H11ClF3NO5S/c1-10(19,9(17)18)5-16-22(20,21)8-4-6(11(13,14)15)2-3-7(8)12/h2-4,16,19H,5H2,1H3,(H,17,18). The van der Waals surface area contributed by atoms with Crippen LogP contribution in [0, 0.1) is 0 Å². The third-order valence-electron chi connectivity index (χ3n) is 2.62. The van der Waals surface area contributed by atoms with E-state index in [9.17, 15) is 31.5 Å². The van der Waals surface area contributed by atoms with Crippen molar-refractivity contribution in [2.24, 2.45) is 0 Å². The molecule has 0 bridgehead atoms. The fourth-order valence-electron chi connectivity index (χ4n) is 1.27. The second-order valence-corrected chi connectivity index (χ2v) is 6.69. The number of aliphatic hydroxyl groups is 1. The van der Waals surface area contributed by atoms with Crippen LogP contribution >= 0.6 is 11.6 Å². The SMILES string of the molecule is CC(O)(CNS(=O)(=O)c1cc(C(F)(F)F)ccc1Cl)C(=O)O. The van der Waals surface area contributed by atoms with Crippen LogP contribution in [-0.2, 0) is 21.0 Å². The normalized spacial score (nSPS) is 15.4. The molecule has 1 aromatic carbocycles. The van der Waals surface area contributed by atoms with Crippen LogP contribution in [0.1, 0.15) is 12.5 Å². The Morgan fingerprint density at radius 1 is 1.36 bits per heavy atom. The molecular formula is C11H11ClF3NO5S. The summed E-state index contributed by atoms with van der Waals surface area (Å²) >= 11 is 5.58. The van der Waals surface area contributed by atoms with Crippen LogP contribution in [0.15, 0.2) is 23.1 Å². The molecule has 0 aliphatic rings. The molecule has 0 heterocycles. The van der Waals surface area contributed by atoms with E-state index < -0.39 is 49.8 Å². The van der Waals surface area contributed by atoms with Crippen LogP contribution < -0.4 is 4.72 Å². The van der Waals surface area contributed by atoms with E-state index in [2.05, 4.69) is 0 Å². The maximum absolute atomic E-state index is 12.6. The van der Waals surface area contributed by atoms with Gasteiger partial charge in [0.25, 0.3) is 0 Å². The van der Waals surface area contributed by atoms with Crippen LogP contribution in [-0.4, -0.2) is 36.7 Å². The van der Waals surface area contributed by atoms with Gasteiger partial charge in [0.05, 0.1) is 17.1 Å². The van der Waals surface area contributed by atoms with E-state index in [0.29, 0.717) is 12.1 Å². The summed E-state index contributed by atoms with van der Waals surface area (Å²) in [6.07, 6.45) is -4.78. The molecule has 0 saturated carbocycles. The maximum Gasteiger partial charge on any atom is 0.416 e. The minimum atomic E-state index is -4.78. The Bertz CT molecular complexity index is 687. The van der Waals surface area contributed by atoms with E-state index in [1.54, 1.807) is 4.72 Å². The number of sulfonamides is 1. The zero-order valence-electron chi connectivity index (χ0n) is 11.0. The molecule has 0 aliphatic carbocycles. The molecule has 1 aromatic rings. The third kappa shape index (κ3) is 4.32. The molecule has 1 unspecified atom stereocenters. The lowest BCUT2D eigenvalue weighted by atomic mass is 10.1. The zero-order valence-corrected chi connectivity index (χ0v) is 12.6. The molecule has 0 radical (unpaired) electrons. The largest absolute Gasteiger partial charge is 0.479 e. The summed E-state index contributed by atoms with van der Waals surface area (Å²) in [6, 6.07) is 1.68. The monoisotopic (exact) mass is 361 g/mol. The summed E-state index contributed by atoms with van der Waals surface area (Å²) in [7, 11) is -4.55. The van der Waals surface area contributed by atoms with Crippen molar-refractivity contribution >= 4 is 27.6 Å². The highest BCUT2D eigenvalue weighted by Gasteiger charge is 2.35. The maximum atomic E-state index is 12.6. The molecule has 1 atom stereocenters. The van der Waals surface area contributed by atoms with Gasteiger partial charge in [-0.25, -0.2) is 17.9 Å². The molecule has 124 valence electrons. The van der Waals surface area contributed by atoms with Crippen molar-refractivity contribution < 1.29 is 36.6 Å². The third-order valence-corrected chi connectivity index (χ3v) is 4.50. The molecular weight excluding hydrogens is 351 g/mol. The van der Waals surface area contributed by atoms with Gasteiger partial charge in [-0.1, -0.05) is 11.6 Å². The number of benzene rings is 1. The summed E-state index contributed by atoms with van der Waals surface area (Å²) in [6.45, 7) is -0.122. The van der Waals surface area contributed by atoms with Crippen molar-refractivity contribution in [3.8, 4) is 0 Å². The van der Waals surface area contributed by atoms with Gasteiger partial charge >= 0.3 is 12.1 Å². The average Bonchev–Trinajstić information content (AvgIpc) is 2.35.